The highest BCUT2D eigenvalue weighted by molar-refractivity contribution is 5.38. The van der Waals surface area contributed by atoms with Crippen LogP contribution in [-0.4, -0.2) is 5.11 Å². The summed E-state index contributed by atoms with van der Waals surface area (Å²) in [6.07, 6.45) is 2.95. The molecule has 84 valence electrons. The van der Waals surface area contributed by atoms with Crippen LogP contribution in [0.2, 0.25) is 0 Å². The Labute approximate surface area is 93.3 Å². The summed E-state index contributed by atoms with van der Waals surface area (Å²) in [5, 5.41) is 10.4. The van der Waals surface area contributed by atoms with Crippen molar-refractivity contribution in [3.05, 3.63) is 59.3 Å². The van der Waals surface area contributed by atoms with Gasteiger partial charge in [-0.15, -0.1) is 0 Å². The van der Waals surface area contributed by atoms with Gasteiger partial charge in [-0.25, -0.2) is 4.39 Å². The first-order chi connectivity index (χ1) is 7.51. The fourth-order valence-corrected chi connectivity index (χ4v) is 1.82. The lowest BCUT2D eigenvalue weighted by Crippen LogP contribution is -2.23. The van der Waals surface area contributed by atoms with E-state index in [1.807, 2.05) is 6.92 Å². The lowest BCUT2D eigenvalue weighted by Gasteiger charge is -2.24. The summed E-state index contributed by atoms with van der Waals surface area (Å²) in [7, 11) is 0. The highest BCUT2D eigenvalue weighted by Gasteiger charge is 2.28. The van der Waals surface area contributed by atoms with Gasteiger partial charge in [-0.2, -0.15) is 0 Å². The molecular weight excluding hydrogens is 207 g/mol. The molecule has 0 fully saturated rings. The van der Waals surface area contributed by atoms with Gasteiger partial charge in [0.2, 0.25) is 0 Å². The number of rotatable bonds is 2. The Hall–Kier alpha value is -1.61. The molecule has 1 heterocycles. The number of halogens is 1. The summed E-state index contributed by atoms with van der Waals surface area (Å²) in [4.78, 5) is 0. The number of furan rings is 1. The summed E-state index contributed by atoms with van der Waals surface area (Å²) >= 11 is 0. The number of benzene rings is 1. The van der Waals surface area contributed by atoms with E-state index in [1.54, 1.807) is 19.1 Å². The van der Waals surface area contributed by atoms with Crippen LogP contribution in [-0.2, 0) is 5.60 Å². The highest BCUT2D eigenvalue weighted by Crippen LogP contribution is 2.31. The summed E-state index contributed by atoms with van der Waals surface area (Å²) in [6, 6.07) is 6.05. The molecule has 0 spiro atoms. The molecule has 0 saturated carbocycles. The first-order valence-corrected chi connectivity index (χ1v) is 5.03. The van der Waals surface area contributed by atoms with Gasteiger partial charge in [0.1, 0.15) is 11.4 Å². The third-order valence-corrected chi connectivity index (χ3v) is 2.81. The lowest BCUT2D eigenvalue weighted by atomic mass is 9.87. The standard InChI is InChI=1S/C13H13FO2/c1-9-3-4-11(14)7-12(9)13(2,15)10-5-6-16-8-10/h3-8,15H,1-2H3. The van der Waals surface area contributed by atoms with E-state index in [0.717, 1.165) is 5.56 Å². The minimum absolute atomic E-state index is 0.357. The molecule has 0 aliphatic rings. The SMILES string of the molecule is Cc1ccc(F)cc1C(C)(O)c1ccoc1. The molecule has 1 unspecified atom stereocenters. The van der Waals surface area contributed by atoms with Gasteiger partial charge in [-0.3, -0.25) is 0 Å². The van der Waals surface area contributed by atoms with E-state index in [4.69, 9.17) is 4.42 Å². The van der Waals surface area contributed by atoms with Crippen molar-refractivity contribution in [2.24, 2.45) is 0 Å². The second kappa shape index (κ2) is 3.76. The first-order valence-electron chi connectivity index (χ1n) is 5.03. The van der Waals surface area contributed by atoms with Crippen LogP contribution in [0.5, 0.6) is 0 Å². The summed E-state index contributed by atoms with van der Waals surface area (Å²) in [6.45, 7) is 3.46. The van der Waals surface area contributed by atoms with E-state index in [9.17, 15) is 9.50 Å². The number of aliphatic hydroxyl groups is 1. The van der Waals surface area contributed by atoms with Crippen molar-refractivity contribution in [2.45, 2.75) is 19.4 Å². The molecule has 0 aliphatic heterocycles. The molecule has 2 nitrogen and oxygen atoms in total. The van der Waals surface area contributed by atoms with E-state index in [-0.39, 0.29) is 5.82 Å². The van der Waals surface area contributed by atoms with Gasteiger partial charge in [0, 0.05) is 5.56 Å². The molecule has 0 aliphatic carbocycles. The average Bonchev–Trinajstić information content (AvgIpc) is 2.75. The van der Waals surface area contributed by atoms with E-state index in [0.29, 0.717) is 11.1 Å². The first kappa shape index (κ1) is 10.9. The molecule has 0 bridgehead atoms. The van der Waals surface area contributed by atoms with Crippen molar-refractivity contribution in [1.29, 1.82) is 0 Å². The maximum Gasteiger partial charge on any atom is 0.123 e. The monoisotopic (exact) mass is 220 g/mol. The van der Waals surface area contributed by atoms with Crippen molar-refractivity contribution in [3.8, 4) is 0 Å². The molecule has 1 N–H and O–H groups in total. The predicted octanol–water partition coefficient (Wildman–Crippen LogP) is 2.98. The average molecular weight is 220 g/mol. The van der Waals surface area contributed by atoms with Crippen molar-refractivity contribution < 1.29 is 13.9 Å². The molecule has 2 rings (SSSR count). The Morgan fingerprint density at radius 1 is 1.31 bits per heavy atom. The zero-order chi connectivity index (χ0) is 11.8. The second-order valence-corrected chi connectivity index (χ2v) is 4.04. The highest BCUT2D eigenvalue weighted by atomic mass is 19.1. The Morgan fingerprint density at radius 3 is 2.69 bits per heavy atom. The molecule has 3 heteroatoms. The van der Waals surface area contributed by atoms with E-state index in [1.165, 1.54) is 24.7 Å². The largest absolute Gasteiger partial charge is 0.472 e. The van der Waals surface area contributed by atoms with Gasteiger partial charge < -0.3 is 9.52 Å². The fourth-order valence-electron chi connectivity index (χ4n) is 1.82. The molecule has 1 aromatic heterocycles. The van der Waals surface area contributed by atoms with Gasteiger partial charge in [0.15, 0.2) is 0 Å². The number of hydrogen-bond donors (Lipinski definition) is 1. The molecule has 16 heavy (non-hydrogen) atoms. The Morgan fingerprint density at radius 2 is 2.06 bits per heavy atom. The Bertz CT molecular complexity index is 487. The fraction of sp³-hybridized carbons (Fsp3) is 0.231. The minimum atomic E-state index is -1.24. The Kier molecular flexibility index (Phi) is 2.56. The van der Waals surface area contributed by atoms with Crippen LogP contribution in [0.4, 0.5) is 4.39 Å². The van der Waals surface area contributed by atoms with Crippen molar-refractivity contribution in [1.82, 2.24) is 0 Å². The molecular formula is C13H13FO2. The van der Waals surface area contributed by atoms with Crippen LogP contribution in [0.25, 0.3) is 0 Å². The third-order valence-electron chi connectivity index (χ3n) is 2.81. The summed E-state index contributed by atoms with van der Waals surface area (Å²) in [5.41, 5.74) is 0.766. The molecule has 0 saturated heterocycles. The number of hydrogen-bond acceptors (Lipinski definition) is 2. The summed E-state index contributed by atoms with van der Waals surface area (Å²) < 4.78 is 18.1. The molecule has 0 amide bonds. The Balaban J connectivity index is 2.55. The van der Waals surface area contributed by atoms with Gasteiger partial charge in [0.25, 0.3) is 0 Å². The van der Waals surface area contributed by atoms with Gasteiger partial charge in [-0.1, -0.05) is 6.07 Å². The maximum absolute atomic E-state index is 13.2. The third kappa shape index (κ3) is 1.74. The van der Waals surface area contributed by atoms with Crippen LogP contribution >= 0.6 is 0 Å². The molecule has 2 aromatic rings. The molecule has 0 radical (unpaired) electrons. The topological polar surface area (TPSA) is 33.4 Å². The minimum Gasteiger partial charge on any atom is -0.472 e. The van der Waals surface area contributed by atoms with Crippen LogP contribution in [0, 0.1) is 12.7 Å². The zero-order valence-electron chi connectivity index (χ0n) is 9.20. The van der Waals surface area contributed by atoms with E-state index >= 15 is 0 Å². The summed E-state index contributed by atoms with van der Waals surface area (Å²) in [5.74, 6) is -0.357. The van der Waals surface area contributed by atoms with Crippen LogP contribution in [0.15, 0.2) is 41.2 Å². The van der Waals surface area contributed by atoms with Gasteiger partial charge in [-0.05, 0) is 43.2 Å². The van der Waals surface area contributed by atoms with Crippen LogP contribution < -0.4 is 0 Å². The van der Waals surface area contributed by atoms with Crippen molar-refractivity contribution in [2.75, 3.05) is 0 Å². The van der Waals surface area contributed by atoms with Crippen LogP contribution in [0.3, 0.4) is 0 Å². The quantitative estimate of drug-likeness (QED) is 0.844. The van der Waals surface area contributed by atoms with Crippen molar-refractivity contribution in [3.63, 3.8) is 0 Å². The van der Waals surface area contributed by atoms with Crippen LogP contribution in [0.1, 0.15) is 23.6 Å². The van der Waals surface area contributed by atoms with E-state index < -0.39 is 5.60 Å². The lowest BCUT2D eigenvalue weighted by molar-refractivity contribution is 0.100. The number of aryl methyl sites for hydroxylation is 1. The van der Waals surface area contributed by atoms with Gasteiger partial charge in [0.05, 0.1) is 12.5 Å². The normalized spacial score (nSPS) is 14.8. The van der Waals surface area contributed by atoms with Gasteiger partial charge >= 0.3 is 0 Å². The second-order valence-electron chi connectivity index (χ2n) is 4.04. The van der Waals surface area contributed by atoms with Crippen molar-refractivity contribution >= 4 is 0 Å². The maximum atomic E-state index is 13.2. The zero-order valence-corrected chi connectivity index (χ0v) is 9.20. The van der Waals surface area contributed by atoms with E-state index in [2.05, 4.69) is 0 Å². The molecule has 1 aromatic carbocycles. The molecule has 1 atom stereocenters. The smallest absolute Gasteiger partial charge is 0.123 e. The predicted molar refractivity (Wildman–Crippen MR) is 58.5 cm³/mol.